The number of carbonyl (C=O) groups is 2. The minimum atomic E-state index is -0.223. The smallest absolute Gasteiger partial charge is 0.262 e. The second-order valence-electron chi connectivity index (χ2n) is 5.35. The number of nitrogens with one attached hydrogen (secondary N) is 3. The van der Waals surface area contributed by atoms with Crippen molar-refractivity contribution in [1.82, 2.24) is 5.32 Å². The van der Waals surface area contributed by atoms with Crippen molar-refractivity contribution in [3.05, 3.63) is 17.2 Å². The molecule has 1 fully saturated rings. The predicted octanol–water partition coefficient (Wildman–Crippen LogP) is 1.61. The van der Waals surface area contributed by atoms with Gasteiger partial charge >= 0.3 is 0 Å². The van der Waals surface area contributed by atoms with Gasteiger partial charge in [-0.2, -0.15) is 0 Å². The van der Waals surface area contributed by atoms with Crippen LogP contribution in [0.15, 0.2) is 12.1 Å². The molecule has 6 nitrogen and oxygen atoms in total. The molecule has 0 saturated carbocycles. The standard InChI is InChI=1S/C14H16ClN3O3/c1-7-2-3-16-13(7)14(20)18-9-5-11-10(4-8(9)15)17-12(19)6-21-11/h4-5,7,13,16H,2-3,6H2,1H3,(H,17,19)(H,18,20). The molecule has 2 atom stereocenters. The van der Waals surface area contributed by atoms with Gasteiger partial charge in [0.2, 0.25) is 5.91 Å². The molecule has 0 bridgehead atoms. The maximum Gasteiger partial charge on any atom is 0.262 e. The van der Waals surface area contributed by atoms with Gasteiger partial charge in [-0.1, -0.05) is 18.5 Å². The number of fused-ring (bicyclic) bond motifs is 1. The number of ether oxygens (including phenoxy) is 1. The van der Waals surface area contributed by atoms with Crippen molar-refractivity contribution in [2.45, 2.75) is 19.4 Å². The average Bonchev–Trinajstić information content (AvgIpc) is 2.86. The van der Waals surface area contributed by atoms with Crippen LogP contribution in [0.25, 0.3) is 0 Å². The summed E-state index contributed by atoms with van der Waals surface area (Å²) in [6, 6.07) is 3.00. The third-order valence-corrected chi connectivity index (χ3v) is 4.09. The molecule has 7 heteroatoms. The molecule has 3 rings (SSSR count). The van der Waals surface area contributed by atoms with E-state index in [0.717, 1.165) is 13.0 Å². The minimum absolute atomic E-state index is 0.0385. The molecule has 2 aliphatic heterocycles. The Hall–Kier alpha value is -1.79. The number of amides is 2. The molecule has 21 heavy (non-hydrogen) atoms. The van der Waals surface area contributed by atoms with E-state index in [1.807, 2.05) is 6.92 Å². The fraction of sp³-hybridized carbons (Fsp3) is 0.429. The number of hydrogen-bond acceptors (Lipinski definition) is 4. The van der Waals surface area contributed by atoms with Crippen LogP contribution in [0.1, 0.15) is 13.3 Å². The fourth-order valence-electron chi connectivity index (χ4n) is 2.59. The first-order valence-corrected chi connectivity index (χ1v) is 7.23. The van der Waals surface area contributed by atoms with E-state index in [9.17, 15) is 9.59 Å². The summed E-state index contributed by atoms with van der Waals surface area (Å²) in [5, 5.41) is 9.02. The fourth-order valence-corrected chi connectivity index (χ4v) is 2.80. The van der Waals surface area contributed by atoms with Crippen molar-refractivity contribution in [1.29, 1.82) is 0 Å². The number of halogens is 1. The Bertz CT molecular complexity index is 605. The summed E-state index contributed by atoms with van der Waals surface area (Å²) >= 11 is 6.15. The van der Waals surface area contributed by atoms with E-state index in [1.54, 1.807) is 12.1 Å². The summed E-state index contributed by atoms with van der Waals surface area (Å²) in [6.45, 7) is 2.84. The maximum absolute atomic E-state index is 12.3. The van der Waals surface area contributed by atoms with E-state index >= 15 is 0 Å². The van der Waals surface area contributed by atoms with E-state index in [4.69, 9.17) is 16.3 Å². The van der Waals surface area contributed by atoms with Gasteiger partial charge in [-0.15, -0.1) is 0 Å². The zero-order valence-electron chi connectivity index (χ0n) is 11.5. The Balaban J connectivity index is 1.79. The summed E-state index contributed by atoms with van der Waals surface area (Å²) < 4.78 is 5.32. The van der Waals surface area contributed by atoms with E-state index < -0.39 is 0 Å². The zero-order chi connectivity index (χ0) is 15.0. The van der Waals surface area contributed by atoms with Crippen molar-refractivity contribution in [3.8, 4) is 5.75 Å². The Morgan fingerprint density at radius 2 is 2.29 bits per heavy atom. The molecule has 0 radical (unpaired) electrons. The van der Waals surface area contributed by atoms with Crippen LogP contribution < -0.4 is 20.7 Å². The molecular formula is C14H16ClN3O3. The highest BCUT2D eigenvalue weighted by Gasteiger charge is 2.30. The predicted molar refractivity (Wildman–Crippen MR) is 79.8 cm³/mol. The maximum atomic E-state index is 12.3. The molecule has 112 valence electrons. The largest absolute Gasteiger partial charge is 0.482 e. The highest BCUT2D eigenvalue weighted by molar-refractivity contribution is 6.34. The average molecular weight is 310 g/mol. The first kappa shape index (κ1) is 14.2. The van der Waals surface area contributed by atoms with Crippen LogP contribution in [-0.2, 0) is 9.59 Å². The lowest BCUT2D eigenvalue weighted by atomic mass is 10.0. The molecule has 2 aliphatic rings. The van der Waals surface area contributed by atoms with Gasteiger partial charge in [-0.3, -0.25) is 9.59 Å². The highest BCUT2D eigenvalue weighted by atomic mass is 35.5. The molecule has 2 heterocycles. The van der Waals surface area contributed by atoms with Gasteiger partial charge in [-0.25, -0.2) is 0 Å². The summed E-state index contributed by atoms with van der Waals surface area (Å²) in [6.07, 6.45) is 0.977. The molecule has 1 aromatic carbocycles. The van der Waals surface area contributed by atoms with Gasteiger partial charge in [-0.05, 0) is 24.9 Å². The lowest BCUT2D eigenvalue weighted by Gasteiger charge is -2.21. The summed E-state index contributed by atoms with van der Waals surface area (Å²) in [7, 11) is 0. The summed E-state index contributed by atoms with van der Waals surface area (Å²) in [5.41, 5.74) is 0.999. The molecule has 1 aromatic rings. The molecule has 2 amide bonds. The highest BCUT2D eigenvalue weighted by Crippen LogP contribution is 2.36. The number of rotatable bonds is 2. The quantitative estimate of drug-likeness (QED) is 0.775. The Labute approximate surface area is 127 Å². The van der Waals surface area contributed by atoms with Crippen molar-refractivity contribution < 1.29 is 14.3 Å². The minimum Gasteiger partial charge on any atom is -0.482 e. The second kappa shape index (κ2) is 5.54. The van der Waals surface area contributed by atoms with Gasteiger partial charge in [0.1, 0.15) is 5.75 Å². The van der Waals surface area contributed by atoms with Crippen molar-refractivity contribution in [2.24, 2.45) is 5.92 Å². The number of hydrogen-bond donors (Lipinski definition) is 3. The van der Waals surface area contributed by atoms with Gasteiger partial charge < -0.3 is 20.7 Å². The van der Waals surface area contributed by atoms with Crippen molar-refractivity contribution in [2.75, 3.05) is 23.8 Å². The first-order chi connectivity index (χ1) is 10.0. The van der Waals surface area contributed by atoms with Crippen LogP contribution >= 0.6 is 11.6 Å². The lowest BCUT2D eigenvalue weighted by Crippen LogP contribution is -2.39. The van der Waals surface area contributed by atoms with Crippen LogP contribution in [0.5, 0.6) is 5.75 Å². The van der Waals surface area contributed by atoms with E-state index in [1.165, 1.54) is 0 Å². The molecular weight excluding hydrogens is 294 g/mol. The molecule has 1 saturated heterocycles. The van der Waals surface area contributed by atoms with E-state index in [2.05, 4.69) is 16.0 Å². The lowest BCUT2D eigenvalue weighted by molar-refractivity contribution is -0.119. The van der Waals surface area contributed by atoms with Crippen molar-refractivity contribution in [3.63, 3.8) is 0 Å². The molecule has 3 N–H and O–H groups in total. The number of carbonyl (C=O) groups excluding carboxylic acids is 2. The molecule has 0 spiro atoms. The van der Waals surface area contributed by atoms with Crippen molar-refractivity contribution >= 4 is 34.8 Å². The Kier molecular flexibility index (Phi) is 3.73. The molecule has 2 unspecified atom stereocenters. The normalized spacial score (nSPS) is 24.0. The van der Waals surface area contributed by atoms with Crippen LogP contribution in [0.3, 0.4) is 0 Å². The Morgan fingerprint density at radius 3 is 3.00 bits per heavy atom. The van der Waals surface area contributed by atoms with Crippen LogP contribution in [-0.4, -0.2) is 31.0 Å². The monoisotopic (exact) mass is 309 g/mol. The van der Waals surface area contributed by atoms with Gasteiger partial charge in [0.15, 0.2) is 6.61 Å². The Morgan fingerprint density at radius 1 is 1.48 bits per heavy atom. The van der Waals surface area contributed by atoms with Crippen LogP contribution in [0.4, 0.5) is 11.4 Å². The van der Waals surface area contributed by atoms with Crippen LogP contribution in [0, 0.1) is 5.92 Å². The topological polar surface area (TPSA) is 79.5 Å². The molecule has 0 aromatic heterocycles. The van der Waals surface area contributed by atoms with E-state index in [0.29, 0.717) is 22.1 Å². The van der Waals surface area contributed by atoms with Gasteiger partial charge in [0, 0.05) is 6.07 Å². The number of anilines is 2. The third-order valence-electron chi connectivity index (χ3n) is 3.78. The SMILES string of the molecule is CC1CCNC1C(=O)Nc1cc2c(cc1Cl)NC(=O)CO2. The molecule has 0 aliphatic carbocycles. The summed E-state index contributed by atoms with van der Waals surface area (Å²) in [5.74, 6) is 0.458. The van der Waals surface area contributed by atoms with Gasteiger partial charge in [0.05, 0.1) is 22.4 Å². The summed E-state index contributed by atoms with van der Waals surface area (Å²) in [4.78, 5) is 23.5. The number of benzene rings is 1. The van der Waals surface area contributed by atoms with Crippen LogP contribution in [0.2, 0.25) is 5.02 Å². The van der Waals surface area contributed by atoms with Gasteiger partial charge in [0.25, 0.3) is 5.91 Å². The van der Waals surface area contributed by atoms with E-state index in [-0.39, 0.29) is 30.4 Å². The zero-order valence-corrected chi connectivity index (χ0v) is 12.3. The second-order valence-corrected chi connectivity index (χ2v) is 5.76. The first-order valence-electron chi connectivity index (χ1n) is 6.85. The third kappa shape index (κ3) is 2.82.